The molecule has 2 aromatic carbocycles. The van der Waals surface area contributed by atoms with E-state index in [0.717, 1.165) is 5.56 Å². The number of urea groups is 1. The summed E-state index contributed by atoms with van der Waals surface area (Å²) in [5.74, 6) is -0.479. The molecule has 0 saturated carbocycles. The summed E-state index contributed by atoms with van der Waals surface area (Å²) in [5.41, 5.74) is 1.55. The van der Waals surface area contributed by atoms with Crippen LogP contribution in [0.15, 0.2) is 54.6 Å². The predicted octanol–water partition coefficient (Wildman–Crippen LogP) is 2.31. The third-order valence-corrected chi connectivity index (χ3v) is 5.71. The summed E-state index contributed by atoms with van der Waals surface area (Å²) in [6.07, 6.45) is 0. The van der Waals surface area contributed by atoms with E-state index in [2.05, 4.69) is 16.0 Å². The molecule has 4 amide bonds. The van der Waals surface area contributed by atoms with Crippen molar-refractivity contribution in [2.75, 3.05) is 38.0 Å². The third-order valence-electron chi connectivity index (χ3n) is 5.38. The number of nitrogens with one attached hydrogen (secondary N) is 3. The fourth-order valence-electron chi connectivity index (χ4n) is 3.47. The summed E-state index contributed by atoms with van der Waals surface area (Å²) in [4.78, 5) is 40.8. The Morgan fingerprint density at radius 1 is 0.969 bits per heavy atom. The highest BCUT2D eigenvalue weighted by atomic mass is 35.5. The van der Waals surface area contributed by atoms with Crippen molar-refractivity contribution in [1.82, 2.24) is 20.4 Å². The number of hydrogen-bond donors (Lipinski definition) is 3. The molecule has 1 heterocycles. The molecule has 1 fully saturated rings. The Morgan fingerprint density at radius 2 is 1.62 bits per heavy atom. The van der Waals surface area contributed by atoms with Gasteiger partial charge in [0.1, 0.15) is 0 Å². The van der Waals surface area contributed by atoms with Crippen molar-refractivity contribution >= 4 is 35.1 Å². The molecular weight excluding hydrogens is 430 g/mol. The van der Waals surface area contributed by atoms with Gasteiger partial charge in [0.25, 0.3) is 0 Å². The van der Waals surface area contributed by atoms with Crippen LogP contribution in [-0.2, 0) is 16.1 Å². The van der Waals surface area contributed by atoms with Gasteiger partial charge >= 0.3 is 6.03 Å². The highest BCUT2D eigenvalue weighted by Gasteiger charge is 2.27. The van der Waals surface area contributed by atoms with Gasteiger partial charge in [0.2, 0.25) is 11.8 Å². The fourth-order valence-corrected chi connectivity index (χ4v) is 3.65. The molecule has 2 aromatic rings. The number of anilines is 1. The van der Waals surface area contributed by atoms with E-state index in [1.807, 2.05) is 46.2 Å². The third kappa shape index (κ3) is 7.05. The van der Waals surface area contributed by atoms with Crippen LogP contribution in [0.3, 0.4) is 0 Å². The molecule has 32 heavy (non-hydrogen) atoms. The fraction of sp³-hybridized carbons (Fsp3) is 0.348. The molecule has 1 aliphatic heterocycles. The first-order valence-electron chi connectivity index (χ1n) is 10.6. The number of hydrogen-bond acceptors (Lipinski definition) is 5. The van der Waals surface area contributed by atoms with Crippen molar-refractivity contribution in [3.05, 3.63) is 65.2 Å². The Kier molecular flexibility index (Phi) is 8.61. The van der Waals surface area contributed by atoms with E-state index in [4.69, 9.17) is 11.6 Å². The largest absolute Gasteiger partial charge is 0.334 e. The molecule has 0 bridgehead atoms. The summed E-state index contributed by atoms with van der Waals surface area (Å²) in [5, 5.41) is 8.41. The lowest BCUT2D eigenvalue weighted by atomic mass is 10.2. The molecule has 1 unspecified atom stereocenters. The van der Waals surface area contributed by atoms with Crippen LogP contribution in [0.5, 0.6) is 0 Å². The van der Waals surface area contributed by atoms with Crippen LogP contribution >= 0.6 is 11.6 Å². The number of halogens is 1. The van der Waals surface area contributed by atoms with Gasteiger partial charge in [-0.3, -0.25) is 24.7 Å². The monoisotopic (exact) mass is 457 g/mol. The zero-order chi connectivity index (χ0) is 22.9. The maximum atomic E-state index is 12.5. The van der Waals surface area contributed by atoms with Crippen LogP contribution in [0.25, 0.3) is 0 Å². The van der Waals surface area contributed by atoms with Gasteiger partial charge in [0.05, 0.1) is 23.3 Å². The zero-order valence-electron chi connectivity index (χ0n) is 18.0. The van der Waals surface area contributed by atoms with E-state index < -0.39 is 12.1 Å². The Hall–Kier alpha value is -2.94. The van der Waals surface area contributed by atoms with Gasteiger partial charge in [-0.2, -0.15) is 0 Å². The van der Waals surface area contributed by atoms with Crippen LogP contribution in [0, 0.1) is 0 Å². The van der Waals surface area contributed by atoms with Crippen LogP contribution in [0.4, 0.5) is 10.5 Å². The highest BCUT2D eigenvalue weighted by Crippen LogP contribution is 2.20. The minimum absolute atomic E-state index is 0.132. The van der Waals surface area contributed by atoms with E-state index in [-0.39, 0.29) is 18.4 Å². The van der Waals surface area contributed by atoms with Gasteiger partial charge < -0.3 is 10.6 Å². The maximum Gasteiger partial charge on any atom is 0.321 e. The van der Waals surface area contributed by atoms with E-state index in [1.165, 1.54) is 0 Å². The quantitative estimate of drug-likeness (QED) is 0.593. The minimum Gasteiger partial charge on any atom is -0.334 e. The summed E-state index contributed by atoms with van der Waals surface area (Å²) in [6, 6.07) is 15.6. The van der Waals surface area contributed by atoms with Crippen molar-refractivity contribution in [2.24, 2.45) is 0 Å². The smallest absolute Gasteiger partial charge is 0.321 e. The van der Waals surface area contributed by atoms with Gasteiger partial charge in [-0.1, -0.05) is 54.1 Å². The normalized spacial score (nSPS) is 15.6. The van der Waals surface area contributed by atoms with Crippen LogP contribution in [0.2, 0.25) is 5.02 Å². The first kappa shape index (κ1) is 23.7. The molecule has 0 radical (unpaired) electrons. The number of imide groups is 1. The summed E-state index contributed by atoms with van der Waals surface area (Å²) >= 11 is 6.08. The van der Waals surface area contributed by atoms with Crippen molar-refractivity contribution in [3.63, 3.8) is 0 Å². The molecule has 1 aliphatic rings. The first-order valence-corrected chi connectivity index (χ1v) is 10.9. The average molecular weight is 458 g/mol. The van der Waals surface area contributed by atoms with Crippen molar-refractivity contribution in [2.45, 2.75) is 19.5 Å². The van der Waals surface area contributed by atoms with Gasteiger partial charge in [0, 0.05) is 32.7 Å². The van der Waals surface area contributed by atoms with Crippen molar-refractivity contribution < 1.29 is 14.4 Å². The predicted molar refractivity (Wildman–Crippen MR) is 124 cm³/mol. The van der Waals surface area contributed by atoms with E-state index >= 15 is 0 Å². The Bertz CT molecular complexity index is 932. The summed E-state index contributed by atoms with van der Waals surface area (Å²) in [6.45, 7) is 4.92. The molecule has 0 spiro atoms. The van der Waals surface area contributed by atoms with E-state index in [1.54, 1.807) is 25.1 Å². The number of carbonyl (C=O) groups is 3. The Morgan fingerprint density at radius 3 is 2.31 bits per heavy atom. The number of para-hydroxylation sites is 1. The average Bonchev–Trinajstić information content (AvgIpc) is 2.80. The lowest BCUT2D eigenvalue weighted by molar-refractivity contribution is -0.126. The van der Waals surface area contributed by atoms with Crippen LogP contribution < -0.4 is 16.0 Å². The second-order valence-electron chi connectivity index (χ2n) is 7.67. The van der Waals surface area contributed by atoms with Gasteiger partial charge in [-0.25, -0.2) is 4.79 Å². The van der Waals surface area contributed by atoms with Crippen LogP contribution in [-0.4, -0.2) is 66.4 Å². The number of nitrogens with zero attached hydrogens (tertiary/aromatic N) is 2. The maximum absolute atomic E-state index is 12.5. The van der Waals surface area contributed by atoms with Crippen molar-refractivity contribution in [1.29, 1.82) is 0 Å². The van der Waals surface area contributed by atoms with E-state index in [0.29, 0.717) is 43.4 Å². The number of piperazine rings is 1. The number of benzene rings is 2. The van der Waals surface area contributed by atoms with Crippen molar-refractivity contribution in [3.8, 4) is 0 Å². The molecule has 0 aromatic heterocycles. The molecule has 170 valence electrons. The number of carbonyl (C=O) groups excluding carboxylic acids is 3. The second-order valence-corrected chi connectivity index (χ2v) is 8.08. The second kappa shape index (κ2) is 11.6. The Balaban J connectivity index is 1.38. The van der Waals surface area contributed by atoms with Gasteiger partial charge in [-0.15, -0.1) is 0 Å². The highest BCUT2D eigenvalue weighted by molar-refractivity contribution is 6.33. The summed E-state index contributed by atoms with van der Waals surface area (Å²) < 4.78 is 0. The molecular formula is C23H28ClN5O3. The molecule has 3 rings (SSSR count). The minimum atomic E-state index is -0.513. The number of rotatable bonds is 7. The molecule has 8 nitrogen and oxygen atoms in total. The topological polar surface area (TPSA) is 93.8 Å². The standard InChI is InChI=1S/C23H28ClN5O3/c1-17(22(31)27-23(32)25-15-18-7-3-2-4-8-18)29-13-11-28(12-14-29)16-21(30)26-20-10-6-5-9-19(20)24/h2-10,17H,11-16H2,1H3,(H,26,30)(H2,25,27,31,32). The molecule has 1 saturated heterocycles. The zero-order valence-corrected chi connectivity index (χ0v) is 18.8. The van der Waals surface area contributed by atoms with Gasteiger partial charge in [-0.05, 0) is 24.6 Å². The lowest BCUT2D eigenvalue weighted by Gasteiger charge is -2.37. The Labute approximate surface area is 192 Å². The summed E-state index contributed by atoms with van der Waals surface area (Å²) in [7, 11) is 0. The molecule has 9 heteroatoms. The molecule has 0 aliphatic carbocycles. The van der Waals surface area contributed by atoms with E-state index in [9.17, 15) is 14.4 Å². The first-order chi connectivity index (χ1) is 15.4. The lowest BCUT2D eigenvalue weighted by Crippen LogP contribution is -2.56. The van der Waals surface area contributed by atoms with Crippen LogP contribution in [0.1, 0.15) is 12.5 Å². The molecule has 3 N–H and O–H groups in total. The number of amides is 4. The molecule has 1 atom stereocenters. The SMILES string of the molecule is CC(C(=O)NC(=O)NCc1ccccc1)N1CCN(CC(=O)Nc2ccccc2Cl)CC1. The van der Waals surface area contributed by atoms with Gasteiger partial charge in [0.15, 0.2) is 0 Å².